The van der Waals surface area contributed by atoms with Crippen molar-refractivity contribution in [3.63, 3.8) is 0 Å². The second kappa shape index (κ2) is 7.98. The summed E-state index contributed by atoms with van der Waals surface area (Å²) < 4.78 is 12.0. The molecule has 12 rings (SSSR count). The Bertz CT molecular complexity index is 2980. The van der Waals surface area contributed by atoms with Gasteiger partial charge in [-0.05, 0) is 57.9 Å². The number of para-hydroxylation sites is 4. The molecule has 0 spiro atoms. The molecule has 0 amide bonds. The van der Waals surface area contributed by atoms with Gasteiger partial charge in [-0.15, -0.1) is 0 Å². The predicted octanol–water partition coefficient (Wildman–Crippen LogP) is 9.41. The lowest BCUT2D eigenvalue weighted by Gasteiger charge is -2.34. The second-order valence-electron chi connectivity index (χ2n) is 12.8. The molecule has 3 nitrogen and oxygen atoms in total. The first-order chi connectivity index (χ1) is 22.8. The van der Waals surface area contributed by atoms with E-state index in [0.717, 1.165) is 16.6 Å². The van der Waals surface area contributed by atoms with Crippen LogP contribution in [0.25, 0.3) is 93.5 Å². The third-order valence-electron chi connectivity index (χ3n) is 10.7. The SMILES string of the molecule is c1ccc(-c2cc3c4c(c2)c2ccccc2n4-c2c4c(cc5c2oc2ccccc25)-c2cccc5c6ccccc6n(c25)B43)cc1. The van der Waals surface area contributed by atoms with Crippen molar-refractivity contribution in [3.8, 4) is 27.9 Å². The first-order valence-electron chi connectivity index (χ1n) is 16.0. The minimum atomic E-state index is -0.0251. The number of rotatable bonds is 1. The molecule has 0 bridgehead atoms. The van der Waals surface area contributed by atoms with Crippen LogP contribution in [0, 0.1) is 0 Å². The standard InChI is InChI=1S/C42H23BN2O/c1-2-11-24(12-3-1)25-21-32-27-14-4-7-18-35(27)44-40(32)34(22-25)43-38-31(23-33-28-15-6-9-20-37(28)46-42(33)41(38)44)30-17-10-16-29-26-13-5-8-19-36(26)45(43)39(29)30/h1-23H. The molecular weight excluding hydrogens is 559 g/mol. The maximum absolute atomic E-state index is 6.88. The molecule has 7 aromatic carbocycles. The lowest BCUT2D eigenvalue weighted by atomic mass is 9.45. The van der Waals surface area contributed by atoms with Crippen molar-refractivity contribution in [2.45, 2.75) is 0 Å². The third kappa shape index (κ3) is 2.62. The van der Waals surface area contributed by atoms with Crippen LogP contribution in [0.1, 0.15) is 0 Å². The van der Waals surface area contributed by atoms with Crippen molar-refractivity contribution in [2.24, 2.45) is 0 Å². The third-order valence-corrected chi connectivity index (χ3v) is 10.7. The molecule has 2 aliphatic rings. The Balaban J connectivity index is 1.39. The molecule has 0 atom stereocenters. The molecule has 46 heavy (non-hydrogen) atoms. The average Bonchev–Trinajstić information content (AvgIpc) is 3.77. The Kier molecular flexibility index (Phi) is 4.06. The summed E-state index contributed by atoms with van der Waals surface area (Å²) in [6, 6.07) is 51.3. The van der Waals surface area contributed by atoms with Gasteiger partial charge in [-0.3, -0.25) is 0 Å². The summed E-state index contributed by atoms with van der Waals surface area (Å²) >= 11 is 0. The Labute approximate surface area is 263 Å². The minimum absolute atomic E-state index is 0.0251. The summed E-state index contributed by atoms with van der Waals surface area (Å²) in [6.07, 6.45) is 0. The molecule has 0 unspecified atom stereocenters. The molecule has 3 aromatic heterocycles. The Morgan fingerprint density at radius 1 is 0.478 bits per heavy atom. The molecule has 0 radical (unpaired) electrons. The first-order valence-corrected chi connectivity index (χ1v) is 16.0. The molecular formula is C42H23BN2O. The lowest BCUT2D eigenvalue weighted by Crippen LogP contribution is -2.55. The van der Waals surface area contributed by atoms with Crippen molar-refractivity contribution in [2.75, 3.05) is 0 Å². The van der Waals surface area contributed by atoms with Crippen LogP contribution in [-0.2, 0) is 0 Å². The van der Waals surface area contributed by atoms with Gasteiger partial charge in [0.05, 0.1) is 16.7 Å². The van der Waals surface area contributed by atoms with Crippen LogP contribution in [0.3, 0.4) is 0 Å². The molecule has 10 aromatic rings. The van der Waals surface area contributed by atoms with Gasteiger partial charge in [-0.1, -0.05) is 109 Å². The summed E-state index contributed by atoms with van der Waals surface area (Å²) in [5.41, 5.74) is 15.8. The highest BCUT2D eigenvalue weighted by Gasteiger charge is 2.43. The Morgan fingerprint density at radius 3 is 2.07 bits per heavy atom. The maximum Gasteiger partial charge on any atom is 0.333 e. The molecule has 5 heterocycles. The van der Waals surface area contributed by atoms with Crippen molar-refractivity contribution in [1.82, 2.24) is 9.05 Å². The van der Waals surface area contributed by atoms with Gasteiger partial charge in [0, 0.05) is 48.9 Å². The number of hydrogen-bond acceptors (Lipinski definition) is 1. The van der Waals surface area contributed by atoms with Crippen molar-refractivity contribution in [3.05, 3.63) is 140 Å². The molecule has 0 saturated carbocycles. The fourth-order valence-corrected chi connectivity index (χ4v) is 8.91. The summed E-state index contributed by atoms with van der Waals surface area (Å²) in [5, 5.41) is 7.46. The summed E-state index contributed by atoms with van der Waals surface area (Å²) in [4.78, 5) is 0. The van der Waals surface area contributed by atoms with Gasteiger partial charge < -0.3 is 13.5 Å². The molecule has 0 saturated heterocycles. The fourth-order valence-electron chi connectivity index (χ4n) is 8.91. The van der Waals surface area contributed by atoms with Crippen LogP contribution >= 0.6 is 0 Å². The lowest BCUT2D eigenvalue weighted by molar-refractivity contribution is 0.667. The monoisotopic (exact) mass is 582 g/mol. The first kappa shape index (κ1) is 23.4. The zero-order valence-electron chi connectivity index (χ0n) is 24.7. The predicted molar refractivity (Wildman–Crippen MR) is 192 cm³/mol. The van der Waals surface area contributed by atoms with Gasteiger partial charge >= 0.3 is 6.85 Å². The molecule has 2 aliphatic heterocycles. The van der Waals surface area contributed by atoms with E-state index in [9.17, 15) is 0 Å². The highest BCUT2D eigenvalue weighted by molar-refractivity contribution is 6.90. The highest BCUT2D eigenvalue weighted by atomic mass is 16.3. The van der Waals surface area contributed by atoms with Gasteiger partial charge in [0.1, 0.15) is 5.58 Å². The van der Waals surface area contributed by atoms with Crippen molar-refractivity contribution >= 4 is 83.3 Å². The van der Waals surface area contributed by atoms with Gasteiger partial charge in [0.15, 0.2) is 5.58 Å². The van der Waals surface area contributed by atoms with E-state index in [2.05, 4.69) is 149 Å². The number of furan rings is 1. The van der Waals surface area contributed by atoms with E-state index in [0.29, 0.717) is 0 Å². The van der Waals surface area contributed by atoms with Crippen LogP contribution in [0.5, 0.6) is 0 Å². The van der Waals surface area contributed by atoms with Crippen LogP contribution in [-0.4, -0.2) is 15.9 Å². The second-order valence-corrected chi connectivity index (χ2v) is 12.8. The Morgan fingerprint density at radius 2 is 1.20 bits per heavy atom. The van der Waals surface area contributed by atoms with Crippen LogP contribution in [0.2, 0.25) is 0 Å². The van der Waals surface area contributed by atoms with Crippen molar-refractivity contribution < 1.29 is 4.42 Å². The summed E-state index contributed by atoms with van der Waals surface area (Å²) in [5.74, 6) is 0. The van der Waals surface area contributed by atoms with Gasteiger partial charge in [-0.25, -0.2) is 0 Å². The van der Waals surface area contributed by atoms with Gasteiger partial charge in [0.2, 0.25) is 0 Å². The van der Waals surface area contributed by atoms with Crippen LogP contribution < -0.4 is 10.9 Å². The quantitative estimate of drug-likeness (QED) is 0.177. The number of benzene rings is 7. The van der Waals surface area contributed by atoms with E-state index in [1.54, 1.807) is 0 Å². The number of aromatic nitrogens is 2. The van der Waals surface area contributed by atoms with E-state index in [-0.39, 0.29) is 6.85 Å². The van der Waals surface area contributed by atoms with E-state index >= 15 is 0 Å². The molecule has 0 fully saturated rings. The molecule has 210 valence electrons. The topological polar surface area (TPSA) is 23.0 Å². The number of hydrogen-bond donors (Lipinski definition) is 0. The number of fused-ring (bicyclic) bond motifs is 14. The zero-order chi connectivity index (χ0) is 29.7. The highest BCUT2D eigenvalue weighted by Crippen LogP contribution is 2.47. The van der Waals surface area contributed by atoms with E-state index < -0.39 is 0 Å². The smallest absolute Gasteiger partial charge is 0.333 e. The Hall–Kier alpha value is -6.00. The van der Waals surface area contributed by atoms with Crippen LogP contribution in [0.15, 0.2) is 144 Å². The summed E-state index contributed by atoms with van der Waals surface area (Å²) in [6.45, 7) is -0.0251. The van der Waals surface area contributed by atoms with Crippen molar-refractivity contribution in [1.29, 1.82) is 0 Å². The van der Waals surface area contributed by atoms with Gasteiger partial charge in [-0.2, -0.15) is 0 Å². The molecule has 4 heteroatoms. The van der Waals surface area contributed by atoms with E-state index in [1.165, 1.54) is 87.9 Å². The number of nitrogens with zero attached hydrogens (tertiary/aromatic N) is 2. The minimum Gasteiger partial charge on any atom is -0.454 e. The van der Waals surface area contributed by atoms with E-state index in [1.807, 2.05) is 0 Å². The average molecular weight is 582 g/mol. The van der Waals surface area contributed by atoms with E-state index in [4.69, 9.17) is 4.42 Å². The fraction of sp³-hybridized carbons (Fsp3) is 0. The largest absolute Gasteiger partial charge is 0.454 e. The normalized spacial score (nSPS) is 13.2. The van der Waals surface area contributed by atoms with Crippen LogP contribution in [0.4, 0.5) is 0 Å². The van der Waals surface area contributed by atoms with Gasteiger partial charge in [0.25, 0.3) is 0 Å². The maximum atomic E-state index is 6.88. The molecule has 0 aliphatic carbocycles. The summed E-state index contributed by atoms with van der Waals surface area (Å²) in [7, 11) is 0. The molecule has 0 N–H and O–H groups in total. The zero-order valence-corrected chi connectivity index (χ0v) is 24.7.